The van der Waals surface area contributed by atoms with E-state index in [9.17, 15) is 38.4 Å². The molecular weight excluding hydrogens is 963 g/mol. The van der Waals surface area contributed by atoms with Gasteiger partial charge in [0.2, 0.25) is 35.4 Å². The minimum Gasteiger partial charge on any atom is -0.347 e. The predicted octanol–water partition coefficient (Wildman–Crippen LogP) is 4.84. The van der Waals surface area contributed by atoms with Crippen LogP contribution in [0.1, 0.15) is 155 Å². The smallest absolute Gasteiger partial charge is 0.251 e. The average Bonchev–Trinajstić information content (AvgIpc) is 4.03. The molecule has 17 heteroatoms. The number of nitrogens with one attached hydrogen (secondary N) is 7. The van der Waals surface area contributed by atoms with E-state index < -0.39 is 70.8 Å². The number of hydrogen-bond acceptors (Lipinski definition) is 10. The number of rotatable bonds is 17. The second kappa shape index (κ2) is 24.3. The molecule has 10 atom stereocenters. The first kappa shape index (κ1) is 57.2. The number of fused-ring (bicyclic) bond motifs is 2. The van der Waals surface area contributed by atoms with Gasteiger partial charge in [0, 0.05) is 36.7 Å². The topological polar surface area (TPSA) is 227 Å². The van der Waals surface area contributed by atoms with Crippen LogP contribution in [0.3, 0.4) is 0 Å². The van der Waals surface area contributed by atoms with E-state index in [2.05, 4.69) is 49.4 Å². The Kier molecular flexibility index (Phi) is 18.3. The third kappa shape index (κ3) is 13.4. The summed E-state index contributed by atoms with van der Waals surface area (Å²) in [6.45, 7) is 14.7. The monoisotopic (exact) mass is 1040 g/mol. The van der Waals surface area contributed by atoms with Crippen molar-refractivity contribution in [3.8, 4) is 0 Å². The van der Waals surface area contributed by atoms with Gasteiger partial charge in [-0.15, -0.1) is 0 Å². The van der Waals surface area contributed by atoms with Crippen LogP contribution in [0.5, 0.6) is 0 Å². The molecule has 0 spiro atoms. The first-order valence-corrected chi connectivity index (χ1v) is 27.3. The third-order valence-corrected chi connectivity index (χ3v) is 16.0. The van der Waals surface area contributed by atoms with Gasteiger partial charge in [0.05, 0.1) is 24.2 Å². The lowest BCUT2D eigenvalue weighted by Gasteiger charge is -2.36. The average molecular weight is 1040 g/mol. The summed E-state index contributed by atoms with van der Waals surface area (Å²) in [6, 6.07) is 16.4. The maximum absolute atomic E-state index is 14.7. The molecule has 3 aromatic rings. The molecule has 7 N–H and O–H groups in total. The molecule has 0 saturated carbocycles. The molecule has 2 aliphatic heterocycles. The van der Waals surface area contributed by atoms with E-state index in [1.807, 2.05) is 77.9 Å². The first-order valence-electron chi connectivity index (χ1n) is 27.3. The zero-order valence-corrected chi connectivity index (χ0v) is 46.1. The second-order valence-corrected chi connectivity index (χ2v) is 23.7. The Hall–Kier alpha value is -6.46. The number of carbonyl (C=O) groups excluding carboxylic acids is 8. The normalized spacial score (nSPS) is 22.9. The van der Waals surface area contributed by atoms with Gasteiger partial charge >= 0.3 is 0 Å². The zero-order valence-electron chi connectivity index (χ0n) is 46.1. The Balaban J connectivity index is 1.06. The van der Waals surface area contributed by atoms with Crippen molar-refractivity contribution in [2.75, 3.05) is 27.2 Å². The van der Waals surface area contributed by atoms with E-state index >= 15 is 0 Å². The molecule has 3 aromatic carbocycles. The molecule has 0 radical (unpaired) electrons. The van der Waals surface area contributed by atoms with Crippen molar-refractivity contribution in [2.24, 2.45) is 16.7 Å². The largest absolute Gasteiger partial charge is 0.347 e. The van der Waals surface area contributed by atoms with Crippen LogP contribution in [0.2, 0.25) is 0 Å². The lowest BCUT2D eigenvalue weighted by molar-refractivity contribution is -0.144. The summed E-state index contributed by atoms with van der Waals surface area (Å²) in [6.07, 6.45) is 5.53. The molecule has 2 fully saturated rings. The van der Waals surface area contributed by atoms with Crippen molar-refractivity contribution >= 4 is 47.1 Å². The summed E-state index contributed by atoms with van der Waals surface area (Å²) in [5, 5.41) is 21.2. The minimum absolute atomic E-state index is 0.0241. The molecule has 2 saturated heterocycles. The Bertz CT molecular complexity index is 2460. The fraction of sp³-hybridized carbons (Fsp3) is 0.559. The van der Waals surface area contributed by atoms with E-state index in [0.29, 0.717) is 5.56 Å². The van der Waals surface area contributed by atoms with Crippen molar-refractivity contribution in [1.29, 1.82) is 0 Å². The van der Waals surface area contributed by atoms with Gasteiger partial charge < -0.3 is 47.0 Å². The van der Waals surface area contributed by atoms with Crippen LogP contribution in [0.25, 0.3) is 0 Å². The maximum atomic E-state index is 14.7. The summed E-state index contributed by atoms with van der Waals surface area (Å²) in [5.74, 6) is -3.23. The standard InChI is InChI=1S/C59H81N9O8/c1-34(60-9)51(70)65-49(58(3,4)5)56(75)67-32-36(29-46(67)54(73)63-44-23-15-19-37-17-11-13-21-42(37)44)30-48(69)39-25-27-40(28-26-39)53(72)62-41-31-47(55(74)64-45-24-16-20-38-18-12-14-22-43(38)45)68(33-41)57(76)50(59(6,7)8)66-52(71)35(2)61-10/h11-14,17-18,21-22,25-28,34-36,41,44-47,49-50,60-61H,15-16,19-20,23-24,29-33H2,1-10H3,(H,62,72)(H,63,73)(H,64,74)(H,65,70)(H,66,71)/t34-,35-,36+,41-,44+,45?,46-,47-,49+,50+/m0/s1. The van der Waals surface area contributed by atoms with Crippen LogP contribution in [0, 0.1) is 16.7 Å². The highest BCUT2D eigenvalue weighted by molar-refractivity contribution is 6.00. The summed E-state index contributed by atoms with van der Waals surface area (Å²) in [5.41, 5.74) is 3.64. The summed E-state index contributed by atoms with van der Waals surface area (Å²) in [7, 11) is 3.32. The van der Waals surface area contributed by atoms with Crippen LogP contribution in [0.15, 0.2) is 72.8 Å². The van der Waals surface area contributed by atoms with Gasteiger partial charge in [-0.1, -0.05) is 102 Å². The number of ketones is 1. The van der Waals surface area contributed by atoms with Crippen molar-refractivity contribution in [2.45, 2.75) is 168 Å². The Labute approximate surface area is 448 Å². The van der Waals surface area contributed by atoms with E-state index in [0.717, 1.165) is 49.7 Å². The van der Waals surface area contributed by atoms with Crippen LogP contribution < -0.4 is 37.2 Å². The van der Waals surface area contributed by atoms with Crippen molar-refractivity contribution in [3.63, 3.8) is 0 Å². The van der Waals surface area contributed by atoms with Crippen LogP contribution in [-0.4, -0.2) is 126 Å². The van der Waals surface area contributed by atoms with Crippen LogP contribution in [0.4, 0.5) is 0 Å². The number of Topliss-reactive ketones (excluding diaryl/α,β-unsaturated/α-hetero) is 1. The maximum Gasteiger partial charge on any atom is 0.251 e. The van der Waals surface area contributed by atoms with Crippen molar-refractivity contribution in [1.82, 2.24) is 47.0 Å². The molecule has 1 unspecified atom stereocenters. The molecule has 17 nitrogen and oxygen atoms in total. The van der Waals surface area contributed by atoms with Gasteiger partial charge in [0.25, 0.3) is 5.91 Å². The number of aryl methyl sites for hydroxylation is 2. The number of nitrogens with zero attached hydrogens (tertiary/aromatic N) is 2. The third-order valence-electron chi connectivity index (χ3n) is 16.0. The van der Waals surface area contributed by atoms with Crippen molar-refractivity contribution < 1.29 is 38.4 Å². The fourth-order valence-corrected chi connectivity index (χ4v) is 11.2. The lowest BCUT2D eigenvalue weighted by atomic mass is 9.85. The lowest BCUT2D eigenvalue weighted by Crippen LogP contribution is -2.59. The van der Waals surface area contributed by atoms with Crippen LogP contribution >= 0.6 is 0 Å². The quantitative estimate of drug-likeness (QED) is 0.0911. The number of likely N-dealkylation sites (N-methyl/N-ethyl adjacent to an activating group) is 2. The highest BCUT2D eigenvalue weighted by Crippen LogP contribution is 2.35. The first-order chi connectivity index (χ1) is 36.0. The van der Waals surface area contributed by atoms with E-state index in [-0.39, 0.29) is 85.3 Å². The summed E-state index contributed by atoms with van der Waals surface area (Å²) >= 11 is 0. The molecule has 7 rings (SSSR count). The molecule has 76 heavy (non-hydrogen) atoms. The number of likely N-dealkylation sites (tertiary alicyclic amines) is 2. The van der Waals surface area contributed by atoms with Gasteiger partial charge in [0.15, 0.2) is 5.78 Å². The summed E-state index contributed by atoms with van der Waals surface area (Å²) < 4.78 is 0. The number of hydrogen-bond donors (Lipinski definition) is 7. The molecule has 410 valence electrons. The Morgan fingerprint density at radius 3 is 1.46 bits per heavy atom. The Morgan fingerprint density at radius 1 is 0.566 bits per heavy atom. The molecular formula is C59H81N9O8. The van der Waals surface area contributed by atoms with E-state index in [1.165, 1.54) is 16.0 Å². The molecule has 0 bridgehead atoms. The van der Waals surface area contributed by atoms with Gasteiger partial charge in [-0.2, -0.15) is 0 Å². The SMILES string of the molecule is CN[C@@H](C)C(=O)N[C@H](C(=O)N1C[C@@H](NC(=O)c2ccc(C(=O)C[C@H]3C[C@@H](C(=O)N[C@@H]4CCCc5ccccc54)N(C(=O)[C@@H](NC(=O)[C@H](C)NC)C(C)(C)C)C3)cc2)C[C@H]1C(=O)NC1CCCc2ccccc21)C(C)(C)C. The molecule has 7 amide bonds. The van der Waals surface area contributed by atoms with Crippen molar-refractivity contribution in [3.05, 3.63) is 106 Å². The van der Waals surface area contributed by atoms with Gasteiger partial charge in [-0.05, 0) is 130 Å². The highest BCUT2D eigenvalue weighted by atomic mass is 16.2. The van der Waals surface area contributed by atoms with Gasteiger partial charge in [0.1, 0.15) is 24.2 Å². The fourth-order valence-electron chi connectivity index (χ4n) is 11.2. The molecule has 2 aliphatic carbocycles. The van der Waals surface area contributed by atoms with E-state index in [1.54, 1.807) is 57.1 Å². The zero-order chi connectivity index (χ0) is 55.2. The number of carbonyl (C=O) groups is 8. The Morgan fingerprint density at radius 2 is 1.00 bits per heavy atom. The number of benzene rings is 3. The number of amides is 7. The molecule has 4 aliphatic rings. The highest BCUT2D eigenvalue weighted by Gasteiger charge is 2.48. The predicted molar refractivity (Wildman–Crippen MR) is 291 cm³/mol. The van der Waals surface area contributed by atoms with Crippen LogP contribution in [-0.2, 0) is 41.6 Å². The summed E-state index contributed by atoms with van der Waals surface area (Å²) in [4.78, 5) is 116. The van der Waals surface area contributed by atoms with Gasteiger partial charge in [-0.3, -0.25) is 38.4 Å². The van der Waals surface area contributed by atoms with Gasteiger partial charge in [-0.25, -0.2) is 0 Å². The van der Waals surface area contributed by atoms with E-state index in [4.69, 9.17) is 0 Å². The second-order valence-electron chi connectivity index (χ2n) is 23.7. The minimum atomic E-state index is -0.975. The molecule has 2 heterocycles. The molecule has 0 aromatic heterocycles.